The number of pyridine rings is 1. The first kappa shape index (κ1) is 17.0. The Balaban J connectivity index is 1.57. The predicted molar refractivity (Wildman–Crippen MR) is 95.5 cm³/mol. The van der Waals surface area contributed by atoms with Crippen LogP contribution in [0.15, 0.2) is 45.8 Å². The molecule has 0 atom stereocenters. The van der Waals surface area contributed by atoms with Crippen molar-refractivity contribution in [1.82, 2.24) is 15.0 Å². The zero-order valence-corrected chi connectivity index (χ0v) is 14.4. The van der Waals surface area contributed by atoms with Crippen molar-refractivity contribution >= 4 is 16.8 Å². The van der Waals surface area contributed by atoms with Crippen LogP contribution in [0.2, 0.25) is 0 Å². The number of carbonyl (C=O) groups is 1. The van der Waals surface area contributed by atoms with Gasteiger partial charge in [-0.1, -0.05) is 17.3 Å². The summed E-state index contributed by atoms with van der Waals surface area (Å²) in [6, 6.07) is 8.80. The first-order chi connectivity index (χ1) is 12.1. The van der Waals surface area contributed by atoms with Gasteiger partial charge in [-0.3, -0.25) is 9.59 Å². The molecule has 0 aliphatic heterocycles. The summed E-state index contributed by atoms with van der Waals surface area (Å²) in [7, 11) is 0. The van der Waals surface area contributed by atoms with Crippen molar-refractivity contribution in [3.8, 4) is 0 Å². The highest BCUT2D eigenvalue weighted by atomic mass is 16.5. The number of nitrogens with one attached hydrogen (secondary N) is 1. The summed E-state index contributed by atoms with van der Waals surface area (Å²) < 4.78 is 6.93. The van der Waals surface area contributed by atoms with Gasteiger partial charge in [0.05, 0.1) is 11.2 Å². The van der Waals surface area contributed by atoms with E-state index in [9.17, 15) is 9.59 Å². The third-order valence-corrected chi connectivity index (χ3v) is 4.31. The Morgan fingerprint density at radius 1 is 1.24 bits per heavy atom. The van der Waals surface area contributed by atoms with E-state index in [1.807, 2.05) is 32.0 Å². The molecule has 0 aliphatic carbocycles. The van der Waals surface area contributed by atoms with Crippen molar-refractivity contribution in [2.75, 3.05) is 6.54 Å². The van der Waals surface area contributed by atoms with Gasteiger partial charge in [-0.25, -0.2) is 0 Å². The van der Waals surface area contributed by atoms with Crippen LogP contribution in [-0.2, 0) is 17.8 Å². The Morgan fingerprint density at radius 2 is 2.04 bits per heavy atom. The van der Waals surface area contributed by atoms with Gasteiger partial charge >= 0.3 is 0 Å². The van der Waals surface area contributed by atoms with E-state index in [4.69, 9.17) is 4.52 Å². The second-order valence-corrected chi connectivity index (χ2v) is 6.08. The molecule has 0 spiro atoms. The number of aromatic nitrogens is 2. The molecule has 1 aromatic carbocycles. The number of benzene rings is 1. The monoisotopic (exact) mass is 339 g/mol. The number of fused-ring (bicyclic) bond motifs is 1. The van der Waals surface area contributed by atoms with E-state index in [0.29, 0.717) is 11.9 Å². The van der Waals surface area contributed by atoms with E-state index in [2.05, 4.69) is 10.5 Å². The maximum Gasteiger partial charge on any atom is 0.239 e. The van der Waals surface area contributed by atoms with E-state index >= 15 is 0 Å². The van der Waals surface area contributed by atoms with Crippen molar-refractivity contribution in [1.29, 1.82) is 0 Å². The molecule has 6 nitrogen and oxygen atoms in total. The van der Waals surface area contributed by atoms with Crippen molar-refractivity contribution in [2.45, 2.75) is 33.2 Å². The van der Waals surface area contributed by atoms with Crippen molar-refractivity contribution in [2.24, 2.45) is 0 Å². The fourth-order valence-corrected chi connectivity index (χ4v) is 2.96. The van der Waals surface area contributed by atoms with Crippen LogP contribution in [0.25, 0.3) is 10.9 Å². The van der Waals surface area contributed by atoms with E-state index in [1.54, 1.807) is 16.8 Å². The summed E-state index contributed by atoms with van der Waals surface area (Å²) in [4.78, 5) is 24.1. The number of rotatable bonds is 6. The van der Waals surface area contributed by atoms with E-state index < -0.39 is 0 Å². The Labute approximate surface area is 145 Å². The van der Waals surface area contributed by atoms with Gasteiger partial charge < -0.3 is 14.4 Å². The zero-order valence-electron chi connectivity index (χ0n) is 14.4. The summed E-state index contributed by atoms with van der Waals surface area (Å²) in [6.07, 6.45) is 3.30. The molecule has 0 bridgehead atoms. The minimum atomic E-state index is -0.0763. The number of hydrogen-bond donors (Lipinski definition) is 1. The van der Waals surface area contributed by atoms with Crippen LogP contribution in [0.5, 0.6) is 0 Å². The minimum absolute atomic E-state index is 0.0354. The van der Waals surface area contributed by atoms with Crippen LogP contribution in [-0.4, -0.2) is 22.2 Å². The van der Waals surface area contributed by atoms with Gasteiger partial charge in [-0.15, -0.1) is 0 Å². The first-order valence-electron chi connectivity index (χ1n) is 8.33. The summed E-state index contributed by atoms with van der Waals surface area (Å²) in [5.74, 6) is 0.760. The SMILES string of the molecule is Cc1noc(C)c1CCCNC(=O)Cn1ccc(=O)c2ccccc21. The molecule has 2 heterocycles. The normalized spacial score (nSPS) is 11.0. The molecule has 0 radical (unpaired) electrons. The molecule has 3 aromatic rings. The molecule has 3 rings (SSSR count). The summed E-state index contributed by atoms with van der Waals surface area (Å²) in [6.45, 7) is 4.59. The second-order valence-electron chi connectivity index (χ2n) is 6.08. The molecule has 1 amide bonds. The lowest BCUT2D eigenvalue weighted by Crippen LogP contribution is -2.29. The van der Waals surface area contributed by atoms with Crippen LogP contribution >= 0.6 is 0 Å². The number of para-hydroxylation sites is 1. The molecule has 25 heavy (non-hydrogen) atoms. The van der Waals surface area contributed by atoms with Crippen molar-refractivity contribution in [3.05, 3.63) is 63.8 Å². The van der Waals surface area contributed by atoms with Gasteiger partial charge in [-0.2, -0.15) is 0 Å². The molecular formula is C19H21N3O3. The number of hydrogen-bond acceptors (Lipinski definition) is 4. The molecule has 0 fully saturated rings. The Kier molecular flexibility index (Phi) is 4.97. The Hall–Kier alpha value is -2.89. The molecule has 6 heteroatoms. The quantitative estimate of drug-likeness (QED) is 0.699. The van der Waals surface area contributed by atoms with Gasteiger partial charge in [0.1, 0.15) is 12.3 Å². The van der Waals surface area contributed by atoms with E-state index in [0.717, 1.165) is 35.4 Å². The average Bonchev–Trinajstić information content (AvgIpc) is 2.93. The molecule has 0 aliphatic rings. The van der Waals surface area contributed by atoms with Crippen molar-refractivity contribution in [3.63, 3.8) is 0 Å². The highest BCUT2D eigenvalue weighted by Crippen LogP contribution is 2.14. The maximum atomic E-state index is 12.2. The molecular weight excluding hydrogens is 318 g/mol. The van der Waals surface area contributed by atoms with Gasteiger partial charge in [0.25, 0.3) is 0 Å². The minimum Gasteiger partial charge on any atom is -0.361 e. The van der Waals surface area contributed by atoms with Crippen LogP contribution in [0, 0.1) is 13.8 Å². The molecule has 130 valence electrons. The highest BCUT2D eigenvalue weighted by Gasteiger charge is 2.09. The van der Waals surface area contributed by atoms with Crippen LogP contribution in [0.1, 0.15) is 23.4 Å². The van der Waals surface area contributed by atoms with Gasteiger partial charge in [-0.05, 0) is 38.8 Å². The van der Waals surface area contributed by atoms with Crippen molar-refractivity contribution < 1.29 is 9.32 Å². The number of carbonyl (C=O) groups excluding carboxylic acids is 1. The molecule has 0 unspecified atom stereocenters. The third kappa shape index (κ3) is 3.79. The van der Waals surface area contributed by atoms with Crippen LogP contribution in [0.3, 0.4) is 0 Å². The summed E-state index contributed by atoms with van der Waals surface area (Å²) >= 11 is 0. The predicted octanol–water partition coefficient (Wildman–Crippen LogP) is 2.36. The molecule has 0 saturated carbocycles. The fraction of sp³-hybridized carbons (Fsp3) is 0.316. The Bertz CT molecular complexity index is 936. The largest absolute Gasteiger partial charge is 0.361 e. The standard InChI is InChI=1S/C19H21N3O3/c1-13-15(14(2)25-21-13)7-5-10-20-19(24)12-22-11-9-18(23)16-6-3-4-8-17(16)22/h3-4,6,8-9,11H,5,7,10,12H2,1-2H3,(H,20,24). The van der Waals surface area contributed by atoms with Gasteiger partial charge in [0.15, 0.2) is 5.43 Å². The molecule has 2 aromatic heterocycles. The molecule has 1 N–H and O–H groups in total. The van der Waals surface area contributed by atoms with Gasteiger partial charge in [0.2, 0.25) is 5.91 Å². The van der Waals surface area contributed by atoms with Crippen LogP contribution < -0.4 is 10.7 Å². The number of nitrogens with zero attached hydrogens (tertiary/aromatic N) is 2. The third-order valence-electron chi connectivity index (χ3n) is 4.31. The smallest absolute Gasteiger partial charge is 0.239 e. The zero-order chi connectivity index (χ0) is 17.8. The molecule has 0 saturated heterocycles. The maximum absolute atomic E-state index is 12.2. The highest BCUT2D eigenvalue weighted by molar-refractivity contribution is 5.82. The van der Waals surface area contributed by atoms with E-state index in [-0.39, 0.29) is 17.9 Å². The second kappa shape index (κ2) is 7.34. The van der Waals surface area contributed by atoms with E-state index in [1.165, 1.54) is 6.07 Å². The lowest BCUT2D eigenvalue weighted by Gasteiger charge is -2.11. The number of aryl methyl sites for hydroxylation is 2. The summed E-state index contributed by atoms with van der Waals surface area (Å²) in [5, 5.41) is 7.48. The fourth-order valence-electron chi connectivity index (χ4n) is 2.96. The lowest BCUT2D eigenvalue weighted by atomic mass is 10.1. The summed E-state index contributed by atoms with van der Waals surface area (Å²) in [5.41, 5.74) is 2.75. The van der Waals surface area contributed by atoms with Crippen LogP contribution in [0.4, 0.5) is 0 Å². The Morgan fingerprint density at radius 3 is 2.80 bits per heavy atom. The topological polar surface area (TPSA) is 77.1 Å². The van der Waals surface area contributed by atoms with Gasteiger partial charge in [0, 0.05) is 29.8 Å². The lowest BCUT2D eigenvalue weighted by molar-refractivity contribution is -0.121. The number of amides is 1. The average molecular weight is 339 g/mol. The first-order valence-corrected chi connectivity index (χ1v) is 8.33.